The maximum absolute atomic E-state index is 9.22. The molecule has 0 aromatic heterocycles. The fourth-order valence-corrected chi connectivity index (χ4v) is 5.74. The first-order chi connectivity index (χ1) is 26.2. The quantitative estimate of drug-likeness (QED) is 0.193. The first-order valence-corrected chi connectivity index (χ1v) is 13.5. The average molecular weight is 546 g/mol. The summed E-state index contributed by atoms with van der Waals surface area (Å²) in [4.78, 5) is 0. The predicted molar refractivity (Wildman–Crippen MR) is 181 cm³/mol. The molecule has 0 nitrogen and oxygen atoms in total. The summed E-state index contributed by atoms with van der Waals surface area (Å²) >= 11 is 0. The van der Waals surface area contributed by atoms with Crippen molar-refractivity contribution in [1.29, 1.82) is 0 Å². The van der Waals surface area contributed by atoms with Crippen molar-refractivity contribution in [3.8, 4) is 44.5 Å². The van der Waals surface area contributed by atoms with Crippen LogP contribution in [0.15, 0.2) is 170 Å². The van der Waals surface area contributed by atoms with Crippen LogP contribution in [0.1, 0.15) is 17.8 Å². The fraction of sp³-hybridized carbons (Fsp3) is 0. The van der Waals surface area contributed by atoms with E-state index in [0.29, 0.717) is 5.56 Å². The van der Waals surface area contributed by atoms with E-state index in [1.165, 1.54) is 0 Å². The second kappa shape index (κ2) is 10.2. The van der Waals surface area contributed by atoms with Gasteiger partial charge in [-0.2, -0.15) is 0 Å². The lowest BCUT2D eigenvalue weighted by molar-refractivity contribution is 1.60. The molecule has 0 atom stereocenters. The average Bonchev–Trinajstić information content (AvgIpc) is 3.21. The van der Waals surface area contributed by atoms with Crippen molar-refractivity contribution < 1.29 is 17.8 Å². The van der Waals surface area contributed by atoms with E-state index in [4.69, 9.17) is 15.1 Å². The topological polar surface area (TPSA) is 0 Å². The van der Waals surface area contributed by atoms with Crippen LogP contribution in [0.5, 0.6) is 0 Å². The lowest BCUT2D eigenvalue weighted by atomic mass is 9.85. The van der Waals surface area contributed by atoms with Crippen molar-refractivity contribution in [3.05, 3.63) is 170 Å². The van der Waals surface area contributed by atoms with E-state index < -0.39 is 84.1 Å². The van der Waals surface area contributed by atoms with Crippen molar-refractivity contribution in [2.45, 2.75) is 0 Å². The van der Waals surface area contributed by atoms with Crippen LogP contribution < -0.4 is 0 Å². The van der Waals surface area contributed by atoms with Crippen LogP contribution in [0.3, 0.4) is 0 Å². The molecule has 0 aliphatic carbocycles. The number of hydrogen-bond acceptors (Lipinski definition) is 0. The van der Waals surface area contributed by atoms with E-state index in [2.05, 4.69) is 6.07 Å². The minimum atomic E-state index is -0.707. The molecule has 0 amide bonds. The molecule has 0 aliphatic heterocycles. The third kappa shape index (κ3) is 4.08. The highest BCUT2D eigenvalue weighted by Crippen LogP contribution is 2.44. The Morgan fingerprint density at radius 3 is 1.48 bits per heavy atom. The molecule has 8 aromatic rings. The zero-order valence-electron chi connectivity index (χ0n) is 35.2. The fourth-order valence-electron chi connectivity index (χ4n) is 5.74. The molecule has 42 heavy (non-hydrogen) atoms. The van der Waals surface area contributed by atoms with E-state index in [9.17, 15) is 2.74 Å². The minimum absolute atomic E-state index is 0.0900. The summed E-state index contributed by atoms with van der Waals surface area (Å²) in [6.45, 7) is 0. The Hall–Kier alpha value is -5.46. The van der Waals surface area contributed by atoms with Crippen LogP contribution in [0.25, 0.3) is 76.8 Å². The van der Waals surface area contributed by atoms with Gasteiger partial charge in [0, 0.05) is 0 Å². The summed E-state index contributed by atoms with van der Waals surface area (Å²) in [5.41, 5.74) is 3.26. The molecular formula is C42H28. The normalized spacial score (nSPS) is 15.7. The number of hydrogen-bond donors (Lipinski definition) is 0. The lowest BCUT2D eigenvalue weighted by Crippen LogP contribution is -1.91. The van der Waals surface area contributed by atoms with Gasteiger partial charge in [-0.1, -0.05) is 157 Å². The highest BCUT2D eigenvalue weighted by Gasteiger charge is 2.16. The predicted octanol–water partition coefficient (Wildman–Crippen LogP) is 11.8. The van der Waals surface area contributed by atoms with Gasteiger partial charge in [-0.05, 0) is 89.0 Å². The number of benzene rings is 8. The monoisotopic (exact) mass is 545 g/mol. The van der Waals surface area contributed by atoms with Gasteiger partial charge in [0.05, 0.1) is 17.8 Å². The minimum Gasteiger partial charge on any atom is -0.0622 e. The zero-order chi connectivity index (χ0) is 39.2. The van der Waals surface area contributed by atoms with Gasteiger partial charge in [0.1, 0.15) is 0 Å². The van der Waals surface area contributed by atoms with E-state index >= 15 is 0 Å². The van der Waals surface area contributed by atoms with Crippen LogP contribution >= 0.6 is 0 Å². The number of fused-ring (bicyclic) bond motifs is 3. The highest BCUT2D eigenvalue weighted by atomic mass is 14.2. The van der Waals surface area contributed by atoms with Gasteiger partial charge < -0.3 is 0 Å². The molecule has 0 saturated carbocycles. The van der Waals surface area contributed by atoms with Gasteiger partial charge in [0.2, 0.25) is 0 Å². The van der Waals surface area contributed by atoms with Gasteiger partial charge in [0.15, 0.2) is 0 Å². The van der Waals surface area contributed by atoms with Gasteiger partial charge in [-0.25, -0.2) is 0 Å². The molecule has 0 fully saturated rings. The molecule has 0 heterocycles. The van der Waals surface area contributed by atoms with E-state index in [-0.39, 0.29) is 32.7 Å². The zero-order valence-corrected chi connectivity index (χ0v) is 22.2. The second-order valence-corrected chi connectivity index (χ2v) is 9.94. The van der Waals surface area contributed by atoms with Crippen molar-refractivity contribution in [3.63, 3.8) is 0 Å². The standard InChI is InChI=1S/C42H28/c1-2-14-30(15-3-1)41-37-22-6-8-24-39(37)42(40-25-9-7-23-38(40)41)34-20-11-18-32(28-34)31-17-10-19-33(27-31)36-26-12-16-29-13-4-5-21-35(29)36/h1-28H/i1D,2D,3D,6D,7D,8D,9D,14D,15D,22D,23D,24D,25D. The summed E-state index contributed by atoms with van der Waals surface area (Å²) < 4.78 is 114. The molecule has 0 saturated heterocycles. The molecule has 0 N–H and O–H groups in total. The van der Waals surface area contributed by atoms with Crippen LogP contribution in [-0.2, 0) is 0 Å². The SMILES string of the molecule is [2H]c1c([2H])c([2H])c(-c2c3c([2H])c([2H])c([2H])c([2H])c3c(-c3cccc(-c4cccc(-c5cccc6ccccc56)c4)c3)c3c([2H])c([2H])c([2H])c([2H])c23)c([2H])c1[2H]. The maximum Gasteiger partial charge on any atom is 0.0629 e. The number of rotatable bonds is 4. The molecule has 8 aromatic carbocycles. The molecule has 196 valence electrons. The molecular weight excluding hydrogens is 504 g/mol. The van der Waals surface area contributed by atoms with Crippen molar-refractivity contribution in [1.82, 2.24) is 0 Å². The van der Waals surface area contributed by atoms with Crippen LogP contribution in [0, 0.1) is 0 Å². The molecule has 0 spiro atoms. The Morgan fingerprint density at radius 2 is 0.810 bits per heavy atom. The third-order valence-corrected chi connectivity index (χ3v) is 7.57. The Balaban J connectivity index is 1.52. The first kappa shape index (κ1) is 14.4. The van der Waals surface area contributed by atoms with Gasteiger partial charge in [-0.3, -0.25) is 0 Å². The summed E-state index contributed by atoms with van der Waals surface area (Å²) in [5.74, 6) is 0. The van der Waals surface area contributed by atoms with E-state index in [0.717, 1.165) is 33.0 Å². The highest BCUT2D eigenvalue weighted by molar-refractivity contribution is 6.21. The molecule has 0 radical (unpaired) electrons. The summed E-state index contributed by atoms with van der Waals surface area (Å²) in [5, 5.41) is 1.46. The summed E-state index contributed by atoms with van der Waals surface area (Å²) in [6, 6.07) is 21.0. The maximum atomic E-state index is 9.22. The molecule has 0 bridgehead atoms. The Kier molecular flexibility index (Phi) is 3.50. The van der Waals surface area contributed by atoms with Crippen molar-refractivity contribution in [2.75, 3.05) is 0 Å². The van der Waals surface area contributed by atoms with Crippen LogP contribution in [0.4, 0.5) is 0 Å². The molecule has 8 rings (SSSR count). The second-order valence-electron chi connectivity index (χ2n) is 9.94. The lowest BCUT2D eigenvalue weighted by Gasteiger charge is -2.18. The van der Waals surface area contributed by atoms with Crippen LogP contribution in [-0.4, -0.2) is 0 Å². The van der Waals surface area contributed by atoms with Gasteiger partial charge in [0.25, 0.3) is 0 Å². The molecule has 0 aliphatic rings. The Labute approximate surface area is 264 Å². The smallest absolute Gasteiger partial charge is 0.0622 e. The Morgan fingerprint density at radius 1 is 0.333 bits per heavy atom. The van der Waals surface area contributed by atoms with E-state index in [1.807, 2.05) is 66.7 Å². The molecule has 0 unspecified atom stereocenters. The third-order valence-electron chi connectivity index (χ3n) is 7.57. The summed E-state index contributed by atoms with van der Waals surface area (Å²) in [6.07, 6.45) is 0. The van der Waals surface area contributed by atoms with Crippen LogP contribution in [0.2, 0.25) is 0 Å². The van der Waals surface area contributed by atoms with Gasteiger partial charge in [-0.15, -0.1) is 0 Å². The van der Waals surface area contributed by atoms with Crippen molar-refractivity contribution >= 4 is 32.3 Å². The van der Waals surface area contributed by atoms with Crippen molar-refractivity contribution in [2.24, 2.45) is 0 Å². The Bertz CT molecular complexity index is 2860. The molecule has 0 heteroatoms. The largest absolute Gasteiger partial charge is 0.0629 e. The van der Waals surface area contributed by atoms with E-state index in [1.54, 1.807) is 18.2 Å². The summed E-state index contributed by atoms with van der Waals surface area (Å²) in [7, 11) is 0. The first-order valence-electron chi connectivity index (χ1n) is 20.0. The van der Waals surface area contributed by atoms with Gasteiger partial charge >= 0.3 is 0 Å².